The predicted molar refractivity (Wildman–Crippen MR) is 120 cm³/mol. The Labute approximate surface area is 188 Å². The van der Waals surface area contributed by atoms with E-state index in [0.29, 0.717) is 29.4 Å². The van der Waals surface area contributed by atoms with Gasteiger partial charge in [-0.3, -0.25) is 4.90 Å². The van der Waals surface area contributed by atoms with Crippen LogP contribution >= 0.6 is 15.9 Å². The van der Waals surface area contributed by atoms with Gasteiger partial charge in [0.05, 0.1) is 5.69 Å². The molecule has 1 amide bonds. The van der Waals surface area contributed by atoms with Gasteiger partial charge in [0.1, 0.15) is 6.61 Å². The minimum absolute atomic E-state index is 0.109. The van der Waals surface area contributed by atoms with Crippen LogP contribution in [0, 0.1) is 11.6 Å². The molecule has 1 heterocycles. The molecule has 0 bridgehead atoms. The average molecular weight is 486 g/mol. The molecule has 6 heteroatoms. The van der Waals surface area contributed by atoms with E-state index in [-0.39, 0.29) is 18.2 Å². The average Bonchev–Trinajstić information content (AvgIpc) is 2.80. The van der Waals surface area contributed by atoms with Crippen LogP contribution in [-0.4, -0.2) is 12.1 Å². The summed E-state index contributed by atoms with van der Waals surface area (Å²) in [5.41, 5.74) is 2.59. The maximum absolute atomic E-state index is 14.6. The molecule has 1 atom stereocenters. The Morgan fingerprint density at radius 2 is 1.68 bits per heavy atom. The van der Waals surface area contributed by atoms with Gasteiger partial charge in [-0.2, -0.15) is 0 Å². The fourth-order valence-corrected chi connectivity index (χ4v) is 4.66. The summed E-state index contributed by atoms with van der Waals surface area (Å²) in [6, 6.07) is 20.3. The number of halogens is 3. The molecule has 0 N–H and O–H groups in total. The van der Waals surface area contributed by atoms with Crippen molar-refractivity contribution in [2.24, 2.45) is 0 Å². The molecule has 3 aromatic carbocycles. The van der Waals surface area contributed by atoms with Crippen molar-refractivity contribution in [1.29, 1.82) is 0 Å². The number of fused-ring (bicyclic) bond motifs is 1. The number of anilines is 1. The zero-order valence-corrected chi connectivity index (χ0v) is 18.4. The van der Waals surface area contributed by atoms with Gasteiger partial charge < -0.3 is 4.74 Å². The van der Waals surface area contributed by atoms with Crippen molar-refractivity contribution >= 4 is 27.7 Å². The number of benzene rings is 3. The molecule has 31 heavy (non-hydrogen) atoms. The monoisotopic (exact) mass is 485 g/mol. The van der Waals surface area contributed by atoms with E-state index in [1.165, 1.54) is 4.90 Å². The summed E-state index contributed by atoms with van der Waals surface area (Å²) in [6.45, 7) is 0.109. The fraction of sp³-hybridized carbons (Fsp3) is 0.240. The van der Waals surface area contributed by atoms with Crippen LogP contribution in [0.25, 0.3) is 0 Å². The third-order valence-electron chi connectivity index (χ3n) is 5.58. The van der Waals surface area contributed by atoms with Gasteiger partial charge in [-0.1, -0.05) is 60.7 Å². The standard InChI is InChI=1S/C25H22BrF2NO2/c26-21-15-22(27)23(28)20-14-13-19(12-11-17-7-3-1-4-8-17)29(24(20)21)25(30)31-16-18-9-5-2-6-10-18/h1-10,15,19H,11-14,16H2. The highest BCUT2D eigenvalue weighted by Gasteiger charge is 2.36. The number of amides is 1. The Hall–Kier alpha value is -2.73. The molecule has 0 saturated heterocycles. The second kappa shape index (κ2) is 9.60. The van der Waals surface area contributed by atoms with Gasteiger partial charge in [-0.25, -0.2) is 13.6 Å². The number of hydrogen-bond acceptors (Lipinski definition) is 2. The molecule has 3 nitrogen and oxygen atoms in total. The molecule has 3 aromatic rings. The molecule has 0 saturated carbocycles. The van der Waals surface area contributed by atoms with Crippen LogP contribution in [0.5, 0.6) is 0 Å². The molecule has 4 rings (SSSR count). The van der Waals surface area contributed by atoms with Gasteiger partial charge in [-0.05, 0) is 58.8 Å². The van der Waals surface area contributed by atoms with E-state index in [1.54, 1.807) is 0 Å². The first-order valence-corrected chi connectivity index (χ1v) is 11.0. The van der Waals surface area contributed by atoms with Gasteiger partial charge in [-0.15, -0.1) is 0 Å². The second-order valence-electron chi connectivity index (χ2n) is 7.61. The molecule has 160 valence electrons. The molecular weight excluding hydrogens is 464 g/mol. The van der Waals surface area contributed by atoms with Crippen LogP contribution in [0.4, 0.5) is 19.3 Å². The number of aryl methyl sites for hydroxylation is 1. The zero-order chi connectivity index (χ0) is 21.8. The molecule has 0 aromatic heterocycles. The number of carbonyl (C=O) groups excluding carboxylic acids is 1. The lowest BCUT2D eigenvalue weighted by Crippen LogP contribution is -2.45. The maximum Gasteiger partial charge on any atom is 0.414 e. The molecule has 0 spiro atoms. The quantitative estimate of drug-likeness (QED) is 0.371. The summed E-state index contributed by atoms with van der Waals surface area (Å²) in [5.74, 6) is -1.83. The third kappa shape index (κ3) is 4.79. The van der Waals surface area contributed by atoms with Crippen molar-refractivity contribution in [2.75, 3.05) is 4.90 Å². The SMILES string of the molecule is O=C(OCc1ccccc1)N1c2c(Br)cc(F)c(F)c2CCC1CCc1ccccc1. The van der Waals surface area contributed by atoms with Gasteiger partial charge >= 0.3 is 6.09 Å². The Balaban J connectivity index is 1.61. The van der Waals surface area contributed by atoms with E-state index in [9.17, 15) is 13.6 Å². The van der Waals surface area contributed by atoms with Crippen molar-refractivity contribution in [3.63, 3.8) is 0 Å². The number of nitrogens with zero attached hydrogens (tertiary/aromatic N) is 1. The molecule has 1 aliphatic rings. The first kappa shape index (κ1) is 21.5. The summed E-state index contributed by atoms with van der Waals surface area (Å²) in [4.78, 5) is 14.7. The topological polar surface area (TPSA) is 29.5 Å². The Morgan fingerprint density at radius 3 is 2.35 bits per heavy atom. The van der Waals surface area contributed by atoms with Crippen LogP contribution in [0.1, 0.15) is 29.5 Å². The number of carbonyl (C=O) groups is 1. The molecular formula is C25H22BrF2NO2. The van der Waals surface area contributed by atoms with Gasteiger partial charge in [0, 0.05) is 16.1 Å². The largest absolute Gasteiger partial charge is 0.444 e. The predicted octanol–water partition coefficient (Wildman–Crippen LogP) is 6.82. The smallest absolute Gasteiger partial charge is 0.414 e. The summed E-state index contributed by atoms with van der Waals surface area (Å²) in [6.07, 6.45) is 1.79. The van der Waals surface area contributed by atoms with Crippen LogP contribution in [0.15, 0.2) is 71.2 Å². The number of ether oxygens (including phenoxy) is 1. The normalized spacial score (nSPS) is 15.5. The summed E-state index contributed by atoms with van der Waals surface area (Å²) >= 11 is 3.34. The lowest BCUT2D eigenvalue weighted by atomic mass is 9.91. The van der Waals surface area contributed by atoms with Crippen LogP contribution in [0.3, 0.4) is 0 Å². The van der Waals surface area contributed by atoms with E-state index in [4.69, 9.17) is 4.74 Å². The van der Waals surface area contributed by atoms with Crippen LogP contribution in [0.2, 0.25) is 0 Å². The number of hydrogen-bond donors (Lipinski definition) is 0. The molecule has 1 unspecified atom stereocenters. The van der Waals surface area contributed by atoms with E-state index < -0.39 is 17.7 Å². The second-order valence-corrected chi connectivity index (χ2v) is 8.46. The summed E-state index contributed by atoms with van der Waals surface area (Å²) < 4.78 is 34.5. The molecule has 0 aliphatic carbocycles. The minimum atomic E-state index is -0.925. The van der Waals surface area contributed by atoms with Crippen molar-refractivity contribution in [1.82, 2.24) is 0 Å². The summed E-state index contributed by atoms with van der Waals surface area (Å²) in [7, 11) is 0. The van der Waals surface area contributed by atoms with E-state index in [1.807, 2.05) is 60.7 Å². The van der Waals surface area contributed by atoms with Gasteiger partial charge in [0.2, 0.25) is 0 Å². The van der Waals surface area contributed by atoms with E-state index in [2.05, 4.69) is 15.9 Å². The van der Waals surface area contributed by atoms with E-state index >= 15 is 0 Å². The Bertz CT molecular complexity index is 1060. The van der Waals surface area contributed by atoms with Crippen LogP contribution < -0.4 is 4.90 Å². The molecule has 1 aliphatic heterocycles. The maximum atomic E-state index is 14.6. The van der Waals surface area contributed by atoms with Gasteiger partial charge in [0.15, 0.2) is 11.6 Å². The van der Waals surface area contributed by atoms with Crippen molar-refractivity contribution in [3.8, 4) is 0 Å². The van der Waals surface area contributed by atoms with Crippen molar-refractivity contribution < 1.29 is 18.3 Å². The Morgan fingerprint density at radius 1 is 1.03 bits per heavy atom. The lowest BCUT2D eigenvalue weighted by molar-refractivity contribution is 0.143. The fourth-order valence-electron chi connectivity index (χ4n) is 4.03. The van der Waals surface area contributed by atoms with Gasteiger partial charge in [0.25, 0.3) is 0 Å². The highest BCUT2D eigenvalue weighted by Crippen LogP contribution is 2.41. The minimum Gasteiger partial charge on any atom is -0.444 e. The van der Waals surface area contributed by atoms with Crippen molar-refractivity contribution in [2.45, 2.75) is 38.3 Å². The first-order valence-electron chi connectivity index (χ1n) is 10.2. The Kier molecular flexibility index (Phi) is 6.66. The zero-order valence-electron chi connectivity index (χ0n) is 16.9. The molecule has 0 radical (unpaired) electrons. The third-order valence-corrected chi connectivity index (χ3v) is 6.19. The van der Waals surface area contributed by atoms with E-state index in [0.717, 1.165) is 23.6 Å². The van der Waals surface area contributed by atoms with Crippen LogP contribution in [-0.2, 0) is 24.2 Å². The lowest BCUT2D eigenvalue weighted by Gasteiger charge is -2.37. The highest BCUT2D eigenvalue weighted by molar-refractivity contribution is 9.10. The highest BCUT2D eigenvalue weighted by atomic mass is 79.9. The first-order chi connectivity index (χ1) is 15.0. The number of rotatable bonds is 5. The van der Waals surface area contributed by atoms with Crippen molar-refractivity contribution in [3.05, 3.63) is 99.5 Å². The molecule has 0 fully saturated rings. The summed E-state index contributed by atoms with van der Waals surface area (Å²) in [5, 5.41) is 0.